The van der Waals surface area contributed by atoms with Crippen molar-refractivity contribution in [3.05, 3.63) is 62.7 Å². The molecule has 2 heterocycles. The minimum absolute atomic E-state index is 0.155. The fourth-order valence-corrected chi connectivity index (χ4v) is 7.44. The average Bonchev–Trinajstić information content (AvgIpc) is 3.21. The van der Waals surface area contributed by atoms with Crippen LogP contribution in [0.3, 0.4) is 0 Å². The van der Waals surface area contributed by atoms with Gasteiger partial charge in [0.25, 0.3) is 11.6 Å². The minimum Gasteiger partial charge on any atom is -0.504 e. The molecule has 1 amide bonds. The van der Waals surface area contributed by atoms with Crippen LogP contribution in [0.15, 0.2) is 30.3 Å². The van der Waals surface area contributed by atoms with Crippen molar-refractivity contribution in [1.82, 2.24) is 9.80 Å². The SMILES string of the molecule is Cc1cccc(C#CC(=O)N(C)[C@@H]2CC[C@@]3(O)[C@H]4Cc5c([N+](=O)[O-])cc(O)c6c5[C@@]3(CCN4C)[C@H]2O6)c1. The monoisotopic (exact) mass is 503 g/mol. The van der Waals surface area contributed by atoms with Crippen molar-refractivity contribution in [2.45, 2.75) is 61.8 Å². The molecule has 2 N–H and O–H groups in total. The lowest BCUT2D eigenvalue weighted by atomic mass is 9.48. The van der Waals surface area contributed by atoms with Crippen LogP contribution in [0.5, 0.6) is 11.5 Å². The molecule has 1 saturated carbocycles. The van der Waals surface area contributed by atoms with Gasteiger partial charge in [0, 0.05) is 35.7 Å². The number of hydrogen-bond donors (Lipinski definition) is 2. The molecule has 2 bridgehead atoms. The molecular formula is C28H29N3O6. The van der Waals surface area contributed by atoms with E-state index in [0.29, 0.717) is 43.4 Å². The average molecular weight is 504 g/mol. The molecule has 0 radical (unpaired) electrons. The van der Waals surface area contributed by atoms with Crippen molar-refractivity contribution in [2.75, 3.05) is 20.6 Å². The van der Waals surface area contributed by atoms with E-state index in [0.717, 1.165) is 17.2 Å². The summed E-state index contributed by atoms with van der Waals surface area (Å²) in [4.78, 5) is 28.4. The number of rotatable bonds is 2. The zero-order chi connectivity index (χ0) is 26.3. The van der Waals surface area contributed by atoms with Gasteiger partial charge in [-0.25, -0.2) is 0 Å². The van der Waals surface area contributed by atoms with E-state index in [1.807, 2.05) is 38.2 Å². The molecule has 2 aromatic rings. The number of nitro benzene ring substituents is 1. The maximum Gasteiger partial charge on any atom is 0.298 e. The molecule has 2 fully saturated rings. The van der Waals surface area contributed by atoms with Crippen molar-refractivity contribution in [3.63, 3.8) is 0 Å². The van der Waals surface area contributed by atoms with Crippen molar-refractivity contribution >= 4 is 11.6 Å². The van der Waals surface area contributed by atoms with Gasteiger partial charge in [0.15, 0.2) is 11.5 Å². The summed E-state index contributed by atoms with van der Waals surface area (Å²) in [6.45, 7) is 2.62. The summed E-state index contributed by atoms with van der Waals surface area (Å²) in [5, 5.41) is 35.1. The third kappa shape index (κ3) is 3.09. The number of aryl methyl sites for hydroxylation is 1. The summed E-state index contributed by atoms with van der Waals surface area (Å²) in [5.74, 6) is 5.20. The number of phenolic OH excluding ortho intramolecular Hbond substituents is 1. The molecule has 0 unspecified atom stereocenters. The molecule has 2 aromatic carbocycles. The van der Waals surface area contributed by atoms with Crippen molar-refractivity contribution in [2.24, 2.45) is 0 Å². The molecule has 5 atom stereocenters. The van der Waals surface area contributed by atoms with Gasteiger partial charge in [-0.3, -0.25) is 14.9 Å². The first kappa shape index (κ1) is 23.8. The van der Waals surface area contributed by atoms with Crippen LogP contribution in [0, 0.1) is 28.9 Å². The van der Waals surface area contributed by atoms with Crippen molar-refractivity contribution in [3.8, 4) is 23.3 Å². The van der Waals surface area contributed by atoms with Gasteiger partial charge in [0.05, 0.1) is 28.0 Å². The van der Waals surface area contributed by atoms with Crippen LogP contribution in [0.4, 0.5) is 5.69 Å². The van der Waals surface area contributed by atoms with Crippen LogP contribution in [0.25, 0.3) is 0 Å². The summed E-state index contributed by atoms with van der Waals surface area (Å²) in [5.41, 5.74) is 0.515. The molecule has 1 saturated heterocycles. The molecule has 37 heavy (non-hydrogen) atoms. The second-order valence-electron chi connectivity index (χ2n) is 10.9. The number of nitrogens with zero attached hydrogens (tertiary/aromatic N) is 3. The van der Waals surface area contributed by atoms with Gasteiger partial charge in [0.2, 0.25) is 0 Å². The van der Waals surface area contributed by atoms with E-state index in [2.05, 4.69) is 16.7 Å². The smallest absolute Gasteiger partial charge is 0.298 e. The lowest BCUT2D eigenvalue weighted by molar-refractivity contribution is -0.386. The Morgan fingerprint density at radius 3 is 2.84 bits per heavy atom. The van der Waals surface area contributed by atoms with Crippen molar-refractivity contribution in [1.29, 1.82) is 0 Å². The summed E-state index contributed by atoms with van der Waals surface area (Å²) in [6, 6.07) is 8.00. The van der Waals surface area contributed by atoms with Gasteiger partial charge in [-0.1, -0.05) is 18.1 Å². The number of phenols is 1. The zero-order valence-corrected chi connectivity index (χ0v) is 21.0. The second kappa shape index (κ2) is 7.94. The molecule has 2 aliphatic carbocycles. The summed E-state index contributed by atoms with van der Waals surface area (Å²) >= 11 is 0. The van der Waals surface area contributed by atoms with E-state index < -0.39 is 28.1 Å². The first-order valence-corrected chi connectivity index (χ1v) is 12.6. The number of aromatic hydroxyl groups is 1. The summed E-state index contributed by atoms with van der Waals surface area (Å²) < 4.78 is 6.41. The number of likely N-dealkylation sites (N-methyl/N-ethyl adjacent to an activating group) is 2. The highest BCUT2D eigenvalue weighted by molar-refractivity contribution is 5.94. The number of piperidine rings is 1. The fraction of sp³-hybridized carbons (Fsp3) is 0.464. The number of aliphatic hydroxyl groups is 1. The van der Waals surface area contributed by atoms with Gasteiger partial charge in [-0.05, 0) is 63.9 Å². The lowest BCUT2D eigenvalue weighted by Gasteiger charge is -2.64. The first-order chi connectivity index (χ1) is 17.6. The molecule has 4 aliphatic rings. The Morgan fingerprint density at radius 2 is 2.11 bits per heavy atom. The number of carbonyl (C=O) groups is 1. The van der Waals surface area contributed by atoms with Crippen LogP contribution < -0.4 is 4.74 Å². The van der Waals surface area contributed by atoms with Crippen LogP contribution in [-0.4, -0.2) is 75.3 Å². The Labute approximate surface area is 214 Å². The van der Waals surface area contributed by atoms with E-state index in [1.54, 1.807) is 11.9 Å². The normalized spacial score (nSPS) is 31.0. The Morgan fingerprint density at radius 1 is 1.32 bits per heavy atom. The Balaban J connectivity index is 1.44. The fourth-order valence-electron chi connectivity index (χ4n) is 7.44. The Hall–Kier alpha value is -3.61. The van der Waals surface area contributed by atoms with E-state index in [1.165, 1.54) is 0 Å². The maximum atomic E-state index is 13.2. The number of hydrogen-bond acceptors (Lipinski definition) is 7. The third-order valence-electron chi connectivity index (χ3n) is 9.15. The maximum absolute atomic E-state index is 13.2. The lowest BCUT2D eigenvalue weighted by Crippen LogP contribution is -2.77. The number of carbonyl (C=O) groups excluding carboxylic acids is 1. The summed E-state index contributed by atoms with van der Waals surface area (Å²) in [6.07, 6.45) is 1.01. The highest BCUT2D eigenvalue weighted by Crippen LogP contribution is 2.66. The molecule has 0 aromatic heterocycles. The molecule has 9 heteroatoms. The number of amides is 1. The van der Waals surface area contributed by atoms with Gasteiger partial charge >= 0.3 is 0 Å². The number of ether oxygens (including phenoxy) is 1. The molecule has 192 valence electrons. The largest absolute Gasteiger partial charge is 0.504 e. The standard InChI is InChI=1S/C28H29N3O6/c1-16-5-4-6-17(13-16)7-8-23(33)30(3)19-9-10-28(34)22-14-18-20(31(35)36)15-21(32)25-24(18)27(28,26(19)37-25)11-12-29(22)2/h4-6,13,15,19,22,26,32,34H,9-12,14H2,1-3H3/t19-,22-,26+,27+,28-/m1/s1. The first-order valence-electron chi connectivity index (χ1n) is 12.6. The molecule has 9 nitrogen and oxygen atoms in total. The molecule has 6 rings (SSSR count). The third-order valence-corrected chi connectivity index (χ3v) is 9.15. The molecule has 1 spiro atoms. The summed E-state index contributed by atoms with van der Waals surface area (Å²) in [7, 11) is 3.62. The molecule has 2 aliphatic heterocycles. The van der Waals surface area contributed by atoms with Crippen molar-refractivity contribution < 1.29 is 24.7 Å². The number of likely N-dealkylation sites (tertiary alicyclic amines) is 1. The van der Waals surface area contributed by atoms with E-state index >= 15 is 0 Å². The van der Waals surface area contributed by atoms with Gasteiger partial charge in [-0.15, -0.1) is 0 Å². The highest BCUT2D eigenvalue weighted by Gasteiger charge is 2.74. The second-order valence-corrected chi connectivity index (χ2v) is 10.9. The predicted molar refractivity (Wildman–Crippen MR) is 134 cm³/mol. The van der Waals surface area contributed by atoms with Gasteiger partial charge < -0.3 is 24.7 Å². The van der Waals surface area contributed by atoms with Crippen LogP contribution in [0.1, 0.15) is 41.5 Å². The Bertz CT molecular complexity index is 1410. The van der Waals surface area contributed by atoms with Crippen LogP contribution in [-0.2, 0) is 16.6 Å². The highest BCUT2D eigenvalue weighted by atomic mass is 16.6. The Kier molecular flexibility index (Phi) is 5.10. The van der Waals surface area contributed by atoms with E-state index in [-0.39, 0.29) is 29.1 Å². The van der Waals surface area contributed by atoms with E-state index in [4.69, 9.17) is 4.74 Å². The van der Waals surface area contributed by atoms with Gasteiger partial charge in [0.1, 0.15) is 6.10 Å². The number of nitro groups is 1. The topological polar surface area (TPSA) is 116 Å². The predicted octanol–water partition coefficient (Wildman–Crippen LogP) is 2.27. The zero-order valence-electron chi connectivity index (χ0n) is 21.0. The van der Waals surface area contributed by atoms with E-state index in [9.17, 15) is 25.1 Å². The van der Waals surface area contributed by atoms with Crippen LogP contribution >= 0.6 is 0 Å². The quantitative estimate of drug-likeness (QED) is 0.367. The van der Waals surface area contributed by atoms with Gasteiger partial charge in [-0.2, -0.15) is 0 Å². The minimum atomic E-state index is -1.21. The van der Waals surface area contributed by atoms with Crippen LogP contribution in [0.2, 0.25) is 0 Å². The molecular weight excluding hydrogens is 474 g/mol. The number of benzene rings is 2.